The SMILES string of the molecule is CC(Br)c1ccc2ccc(OC3CCC(C(F)(F)F)CC3)c(C(F)F)c2c1.COC(=O)C1CC2CCC(C1)N2.COC(=O)C1CC2CCC(C1)N2C(C)c1ccc2ccc(OC3CCC(C(F)(F)F)CC3)c(C(F)F)c2c1. The van der Waals surface area contributed by atoms with Crippen LogP contribution in [-0.4, -0.2) is 79.8 Å². The van der Waals surface area contributed by atoms with Crippen LogP contribution in [0.1, 0.15) is 163 Å². The molecule has 1 N–H and O–H groups in total. The molecule has 19 heteroatoms. The number of alkyl halides is 11. The Kier molecular flexibility index (Phi) is 19.1. The summed E-state index contributed by atoms with van der Waals surface area (Å²) in [5.41, 5.74) is 1.38. The van der Waals surface area contributed by atoms with Crippen LogP contribution < -0.4 is 14.8 Å². The van der Waals surface area contributed by atoms with Crippen molar-refractivity contribution in [2.45, 2.75) is 189 Å². The van der Waals surface area contributed by atoms with Gasteiger partial charge < -0.3 is 24.3 Å². The Hall–Kier alpha value is -4.36. The van der Waals surface area contributed by atoms with Gasteiger partial charge in [0.05, 0.1) is 61.2 Å². The van der Waals surface area contributed by atoms with E-state index in [2.05, 4.69) is 33.1 Å². The van der Waals surface area contributed by atoms with Crippen molar-refractivity contribution >= 4 is 49.4 Å². The number of nitrogens with zero attached hydrogens (tertiary/aromatic N) is 1. The zero-order chi connectivity index (χ0) is 55.5. The van der Waals surface area contributed by atoms with Gasteiger partial charge in [-0.25, -0.2) is 17.6 Å². The van der Waals surface area contributed by atoms with Gasteiger partial charge in [0.1, 0.15) is 11.5 Å². The normalized spacial score (nSPS) is 28.3. The molecule has 0 radical (unpaired) electrons. The van der Waals surface area contributed by atoms with Crippen molar-refractivity contribution in [1.82, 2.24) is 10.2 Å². The Labute approximate surface area is 451 Å². The molecule has 6 unspecified atom stereocenters. The number of hydrogen-bond acceptors (Lipinski definition) is 8. The van der Waals surface area contributed by atoms with Crippen molar-refractivity contribution in [2.75, 3.05) is 14.2 Å². The highest BCUT2D eigenvalue weighted by Crippen LogP contribution is 2.47. The minimum atomic E-state index is -4.23. The van der Waals surface area contributed by atoms with Crippen molar-refractivity contribution in [2.24, 2.45) is 23.7 Å². The largest absolute Gasteiger partial charge is 0.490 e. The molecule has 4 heterocycles. The first-order chi connectivity index (χ1) is 36.5. The number of nitrogens with one attached hydrogen (secondary N) is 1. The van der Waals surface area contributed by atoms with Gasteiger partial charge in [0.15, 0.2) is 0 Å². The topological polar surface area (TPSA) is 86.3 Å². The fourth-order valence-corrected chi connectivity index (χ4v) is 13.3. The lowest BCUT2D eigenvalue weighted by molar-refractivity contribution is -0.186. The minimum absolute atomic E-state index is 0.00893. The molecule has 10 rings (SSSR count). The predicted molar refractivity (Wildman–Crippen MR) is 276 cm³/mol. The molecule has 4 saturated heterocycles. The summed E-state index contributed by atoms with van der Waals surface area (Å²) in [5.74, 6) is -2.70. The third-order valence-electron chi connectivity index (χ3n) is 17.1. The molecule has 4 aromatic carbocycles. The molecule has 8 nitrogen and oxygen atoms in total. The first kappa shape index (κ1) is 58.8. The summed E-state index contributed by atoms with van der Waals surface area (Å²) in [6.45, 7) is 3.98. The number of piperidine rings is 2. The number of rotatable bonds is 11. The van der Waals surface area contributed by atoms with Gasteiger partial charge in [-0.2, -0.15) is 26.3 Å². The zero-order valence-electron chi connectivity index (χ0n) is 43.7. The fourth-order valence-electron chi connectivity index (χ4n) is 13.0. The highest BCUT2D eigenvalue weighted by atomic mass is 79.9. The third kappa shape index (κ3) is 14.0. The second-order valence-corrected chi connectivity index (χ2v) is 23.3. The number of methoxy groups -OCH3 is 2. The van der Waals surface area contributed by atoms with E-state index in [1.807, 2.05) is 25.1 Å². The second kappa shape index (κ2) is 25.0. The summed E-state index contributed by atoms with van der Waals surface area (Å²) in [4.78, 5) is 25.8. The van der Waals surface area contributed by atoms with Gasteiger partial charge in [-0.3, -0.25) is 14.5 Å². The zero-order valence-corrected chi connectivity index (χ0v) is 45.3. The maximum absolute atomic E-state index is 14.4. The van der Waals surface area contributed by atoms with E-state index in [-0.39, 0.29) is 121 Å². The molecule has 2 aliphatic carbocycles. The minimum Gasteiger partial charge on any atom is -0.490 e. The molecule has 6 fully saturated rings. The molecule has 0 aromatic heterocycles. The summed E-state index contributed by atoms with van der Waals surface area (Å²) >= 11 is 3.44. The molecular formula is C58H69BrF10N2O6. The lowest BCUT2D eigenvalue weighted by Gasteiger charge is -2.42. The Morgan fingerprint density at radius 2 is 0.948 bits per heavy atom. The first-order valence-electron chi connectivity index (χ1n) is 27.0. The molecule has 4 aromatic rings. The number of halogens is 11. The highest BCUT2D eigenvalue weighted by Gasteiger charge is 2.46. The predicted octanol–water partition coefficient (Wildman–Crippen LogP) is 16.2. The number of ether oxygens (including phenoxy) is 4. The van der Waals surface area contributed by atoms with Gasteiger partial charge in [-0.15, -0.1) is 0 Å². The van der Waals surface area contributed by atoms with E-state index < -0.39 is 49.2 Å². The number of carbonyl (C=O) groups excluding carboxylic acids is 2. The van der Waals surface area contributed by atoms with Gasteiger partial charge in [0.25, 0.3) is 12.9 Å². The number of benzene rings is 4. The summed E-state index contributed by atoms with van der Waals surface area (Å²) in [5, 5.41) is 5.65. The van der Waals surface area contributed by atoms with Crippen LogP contribution in [-0.2, 0) is 19.1 Å². The van der Waals surface area contributed by atoms with Gasteiger partial charge in [-0.05, 0) is 174 Å². The molecular weight excluding hydrogens is 1090 g/mol. The van der Waals surface area contributed by atoms with Crippen molar-refractivity contribution in [3.05, 3.63) is 82.9 Å². The smallest absolute Gasteiger partial charge is 0.391 e. The molecule has 2 saturated carbocycles. The van der Waals surface area contributed by atoms with Crippen molar-refractivity contribution in [3.63, 3.8) is 0 Å². The number of carbonyl (C=O) groups is 2. The average molecular weight is 1160 g/mol. The van der Waals surface area contributed by atoms with Gasteiger partial charge >= 0.3 is 24.3 Å². The maximum atomic E-state index is 14.4. The average Bonchev–Trinajstić information content (AvgIpc) is 3.88. The van der Waals surface area contributed by atoms with Crippen LogP contribution in [0.15, 0.2) is 60.7 Å². The van der Waals surface area contributed by atoms with Crippen LogP contribution in [0.25, 0.3) is 21.5 Å². The Bertz CT molecular complexity index is 2630. The van der Waals surface area contributed by atoms with E-state index in [4.69, 9.17) is 18.9 Å². The summed E-state index contributed by atoms with van der Waals surface area (Å²) in [7, 11) is 2.90. The number of fused-ring (bicyclic) bond motifs is 6. The fraction of sp³-hybridized carbons (Fsp3) is 0.621. The maximum Gasteiger partial charge on any atom is 0.391 e. The van der Waals surface area contributed by atoms with Crippen LogP contribution in [0.2, 0.25) is 0 Å². The highest BCUT2D eigenvalue weighted by molar-refractivity contribution is 9.09. The lowest BCUT2D eigenvalue weighted by atomic mass is 9.87. The van der Waals surface area contributed by atoms with Crippen molar-refractivity contribution in [1.29, 1.82) is 0 Å². The van der Waals surface area contributed by atoms with Gasteiger partial charge in [0.2, 0.25) is 0 Å². The van der Waals surface area contributed by atoms with Crippen LogP contribution in [0.5, 0.6) is 11.5 Å². The van der Waals surface area contributed by atoms with Gasteiger partial charge in [0, 0.05) is 35.0 Å². The van der Waals surface area contributed by atoms with Crippen LogP contribution >= 0.6 is 15.9 Å². The Morgan fingerprint density at radius 1 is 0.558 bits per heavy atom. The quantitative estimate of drug-likeness (QED) is 0.0903. The Balaban J connectivity index is 0.000000173. The van der Waals surface area contributed by atoms with E-state index >= 15 is 0 Å². The summed E-state index contributed by atoms with van der Waals surface area (Å²) < 4.78 is 155. The molecule has 424 valence electrons. The third-order valence-corrected chi connectivity index (χ3v) is 17.6. The molecule has 4 aliphatic heterocycles. The van der Waals surface area contributed by atoms with Crippen LogP contribution in [0.3, 0.4) is 0 Å². The molecule has 6 atom stereocenters. The van der Waals surface area contributed by atoms with E-state index in [1.54, 1.807) is 30.3 Å². The molecule has 77 heavy (non-hydrogen) atoms. The lowest BCUT2D eigenvalue weighted by Crippen LogP contribution is -2.46. The monoisotopic (exact) mass is 1160 g/mol. The summed E-state index contributed by atoms with van der Waals surface area (Å²) in [6.07, 6.45) is -6.46. The first-order valence-corrected chi connectivity index (χ1v) is 27.9. The van der Waals surface area contributed by atoms with Crippen LogP contribution in [0, 0.1) is 23.7 Å². The van der Waals surface area contributed by atoms with E-state index in [0.29, 0.717) is 33.6 Å². The molecule has 6 aliphatic rings. The van der Waals surface area contributed by atoms with Crippen molar-refractivity contribution in [3.8, 4) is 11.5 Å². The van der Waals surface area contributed by atoms with E-state index in [9.17, 15) is 53.5 Å². The standard InChI is InChI=1S/C29H34F5NO3.C20H20BrF5O.C9H15NO2/c1-16(35-21-8-9-22(35)14-19(13-21)28(36)37-2)18-4-3-17-5-12-25(26(27(30)31)24(17)15-18)38-23-10-6-20(7-11-23)29(32,33)34;1-11(21)13-3-2-12-4-9-17(18(19(22)23)16(12)10-13)27-15-7-5-14(6-8-15)20(24,25)26;1-12-9(11)6-4-7-2-3-8(5-6)10-7/h3-5,12,15-16,19-23,27H,6-11,13-14H2,1-2H3;2-4,9-11,14-15,19H,5-8H2,1H3;6-8,10H,2-5H2,1H3. The molecule has 0 spiro atoms. The van der Waals surface area contributed by atoms with Crippen molar-refractivity contribution < 1.29 is 72.4 Å². The number of hydrogen-bond donors (Lipinski definition) is 1. The molecule has 0 amide bonds. The van der Waals surface area contributed by atoms with E-state index in [1.165, 1.54) is 39.2 Å². The molecule has 4 bridgehead atoms. The van der Waals surface area contributed by atoms with Crippen LogP contribution in [0.4, 0.5) is 43.9 Å². The van der Waals surface area contributed by atoms with Gasteiger partial charge in [-0.1, -0.05) is 52.3 Å². The van der Waals surface area contributed by atoms with E-state index in [0.717, 1.165) is 49.7 Å². The number of esters is 2. The summed E-state index contributed by atoms with van der Waals surface area (Å²) in [6, 6.07) is 19.0. The Morgan fingerprint density at radius 3 is 1.34 bits per heavy atom. The second-order valence-electron chi connectivity index (χ2n) is 21.9.